The number of aromatic carboxylic acids is 1. The van der Waals surface area contributed by atoms with E-state index in [0.717, 1.165) is 12.1 Å². The van der Waals surface area contributed by atoms with Gasteiger partial charge in [0.25, 0.3) is 11.6 Å². The second-order valence-electron chi connectivity index (χ2n) is 6.18. The van der Waals surface area contributed by atoms with Gasteiger partial charge >= 0.3 is 5.97 Å². The van der Waals surface area contributed by atoms with Gasteiger partial charge in [-0.25, -0.2) is 18.2 Å². The molecule has 1 aromatic carbocycles. The lowest BCUT2D eigenvalue weighted by atomic mass is 10.2. The molecule has 1 aliphatic heterocycles. The van der Waals surface area contributed by atoms with Crippen LogP contribution in [0.15, 0.2) is 47.5 Å². The highest BCUT2D eigenvalue weighted by atomic mass is 32.2. The van der Waals surface area contributed by atoms with Gasteiger partial charge in [-0.2, -0.15) is 4.31 Å². The molecular formula is C17H16N4O7S. The molecule has 1 fully saturated rings. The Kier molecular flexibility index (Phi) is 5.57. The summed E-state index contributed by atoms with van der Waals surface area (Å²) in [4.78, 5) is 38.5. The molecule has 2 heterocycles. The van der Waals surface area contributed by atoms with Gasteiger partial charge < -0.3 is 10.0 Å². The third-order valence-corrected chi connectivity index (χ3v) is 6.35. The Bertz CT molecular complexity index is 1040. The summed E-state index contributed by atoms with van der Waals surface area (Å²) in [7, 11) is -3.84. The van der Waals surface area contributed by atoms with Crippen molar-refractivity contribution < 1.29 is 28.0 Å². The minimum absolute atomic E-state index is 0.0589. The Balaban J connectivity index is 1.66. The highest BCUT2D eigenvalue weighted by Crippen LogP contribution is 2.21. The van der Waals surface area contributed by atoms with Crippen LogP contribution < -0.4 is 0 Å². The molecule has 0 unspecified atom stereocenters. The third kappa shape index (κ3) is 4.22. The fourth-order valence-corrected chi connectivity index (χ4v) is 4.27. The number of amides is 1. The molecule has 1 saturated heterocycles. The van der Waals surface area contributed by atoms with Crippen LogP contribution in [0, 0.1) is 10.1 Å². The zero-order valence-electron chi connectivity index (χ0n) is 15.0. The average molecular weight is 420 g/mol. The lowest BCUT2D eigenvalue weighted by molar-refractivity contribution is -0.384. The van der Waals surface area contributed by atoms with E-state index in [9.17, 15) is 28.1 Å². The number of piperazine rings is 1. The van der Waals surface area contributed by atoms with Crippen molar-refractivity contribution in [2.75, 3.05) is 26.2 Å². The van der Waals surface area contributed by atoms with Crippen molar-refractivity contribution >= 4 is 27.6 Å². The molecule has 1 N–H and O–H groups in total. The summed E-state index contributed by atoms with van der Waals surface area (Å²) in [5.41, 5.74) is -0.177. The van der Waals surface area contributed by atoms with E-state index in [2.05, 4.69) is 4.98 Å². The maximum Gasteiger partial charge on any atom is 0.354 e. The van der Waals surface area contributed by atoms with E-state index in [0.29, 0.717) is 0 Å². The molecule has 11 nitrogen and oxygen atoms in total. The summed E-state index contributed by atoms with van der Waals surface area (Å²) in [6.07, 6.45) is 1.17. The topological polar surface area (TPSA) is 151 Å². The number of carboxylic acid groups (broad SMARTS) is 1. The van der Waals surface area contributed by atoms with Crippen molar-refractivity contribution in [3.8, 4) is 0 Å². The van der Waals surface area contributed by atoms with E-state index < -0.39 is 20.9 Å². The number of nitrogens with zero attached hydrogens (tertiary/aromatic N) is 4. The molecular weight excluding hydrogens is 404 g/mol. The number of nitro groups is 1. The highest BCUT2D eigenvalue weighted by Gasteiger charge is 2.30. The van der Waals surface area contributed by atoms with Crippen molar-refractivity contribution in [1.29, 1.82) is 0 Å². The molecule has 0 bridgehead atoms. The van der Waals surface area contributed by atoms with Crippen LogP contribution in [0.3, 0.4) is 0 Å². The summed E-state index contributed by atoms with van der Waals surface area (Å²) in [6.45, 7) is 0.412. The highest BCUT2D eigenvalue weighted by molar-refractivity contribution is 7.89. The summed E-state index contributed by atoms with van der Waals surface area (Å²) in [5, 5.41) is 19.6. The SMILES string of the molecule is O=C(O)c1ccc(C(=O)N2CCN(S(=O)(=O)c3ccc([N+](=O)[O-])cc3)CC2)cn1. The van der Waals surface area contributed by atoms with Crippen molar-refractivity contribution in [1.82, 2.24) is 14.2 Å². The third-order valence-electron chi connectivity index (χ3n) is 4.44. The van der Waals surface area contributed by atoms with Crippen LogP contribution >= 0.6 is 0 Å². The van der Waals surface area contributed by atoms with Gasteiger partial charge in [0.05, 0.1) is 15.4 Å². The maximum absolute atomic E-state index is 12.7. The normalized spacial score (nSPS) is 15.1. The Hall–Kier alpha value is -3.38. The first-order valence-electron chi connectivity index (χ1n) is 8.43. The Morgan fingerprint density at radius 2 is 1.66 bits per heavy atom. The molecule has 1 aliphatic rings. The van der Waals surface area contributed by atoms with Crippen LogP contribution in [0.4, 0.5) is 5.69 Å². The molecule has 0 spiro atoms. The molecule has 2 aromatic rings. The summed E-state index contributed by atoms with van der Waals surface area (Å²) >= 11 is 0. The molecule has 29 heavy (non-hydrogen) atoms. The predicted molar refractivity (Wildman–Crippen MR) is 99.0 cm³/mol. The van der Waals surface area contributed by atoms with E-state index in [1.165, 1.54) is 39.7 Å². The first kappa shape index (κ1) is 20.4. The van der Waals surface area contributed by atoms with Crippen molar-refractivity contribution in [2.24, 2.45) is 0 Å². The van der Waals surface area contributed by atoms with Crippen molar-refractivity contribution in [3.05, 3.63) is 64.0 Å². The predicted octanol–water partition coefficient (Wildman–Crippen LogP) is 0.835. The number of carbonyl (C=O) groups is 2. The van der Waals surface area contributed by atoms with Crippen LogP contribution in [0.2, 0.25) is 0 Å². The lowest BCUT2D eigenvalue weighted by Gasteiger charge is -2.34. The van der Waals surface area contributed by atoms with E-state index in [1.807, 2.05) is 0 Å². The molecule has 0 atom stereocenters. The molecule has 0 aliphatic carbocycles. The van der Waals surface area contributed by atoms with E-state index >= 15 is 0 Å². The molecule has 1 amide bonds. The van der Waals surface area contributed by atoms with Gasteiger partial charge in [-0.05, 0) is 24.3 Å². The van der Waals surface area contributed by atoms with Crippen molar-refractivity contribution in [2.45, 2.75) is 4.90 Å². The number of carbonyl (C=O) groups excluding carboxylic acids is 1. The zero-order chi connectivity index (χ0) is 21.2. The number of nitro benzene ring substituents is 1. The molecule has 12 heteroatoms. The monoisotopic (exact) mass is 420 g/mol. The van der Waals surface area contributed by atoms with Crippen LogP contribution in [-0.4, -0.2) is 70.7 Å². The number of pyridine rings is 1. The number of hydrogen-bond donors (Lipinski definition) is 1. The molecule has 152 valence electrons. The Morgan fingerprint density at radius 1 is 1.03 bits per heavy atom. The minimum Gasteiger partial charge on any atom is -0.477 e. The largest absolute Gasteiger partial charge is 0.477 e. The molecule has 1 aromatic heterocycles. The number of rotatable bonds is 5. The van der Waals surface area contributed by atoms with Crippen molar-refractivity contribution in [3.63, 3.8) is 0 Å². The van der Waals surface area contributed by atoms with Crippen LogP contribution in [0.25, 0.3) is 0 Å². The smallest absolute Gasteiger partial charge is 0.354 e. The van der Waals surface area contributed by atoms with Gasteiger partial charge in [0.15, 0.2) is 0 Å². The number of hydrogen-bond acceptors (Lipinski definition) is 7. The number of non-ortho nitro benzene ring substituents is 1. The van der Waals surface area contributed by atoms with E-state index in [-0.39, 0.29) is 53.9 Å². The number of carboxylic acids is 1. The van der Waals surface area contributed by atoms with Crippen LogP contribution in [-0.2, 0) is 10.0 Å². The van der Waals surface area contributed by atoms with Gasteiger partial charge in [0.1, 0.15) is 5.69 Å². The lowest BCUT2D eigenvalue weighted by Crippen LogP contribution is -2.50. The van der Waals surface area contributed by atoms with Crippen LogP contribution in [0.1, 0.15) is 20.8 Å². The molecule has 0 saturated carbocycles. The number of sulfonamides is 1. The van der Waals surface area contributed by atoms with Crippen LogP contribution in [0.5, 0.6) is 0 Å². The summed E-state index contributed by atoms with van der Waals surface area (Å²) in [5.74, 6) is -1.57. The number of aromatic nitrogens is 1. The van der Waals surface area contributed by atoms with Gasteiger partial charge in [-0.15, -0.1) is 0 Å². The zero-order valence-corrected chi connectivity index (χ0v) is 15.8. The molecule has 0 radical (unpaired) electrons. The standard InChI is InChI=1S/C17H16N4O7S/c22-16(12-1-6-15(17(23)24)18-11-12)19-7-9-20(10-8-19)29(27,28)14-4-2-13(3-5-14)21(25)26/h1-6,11H,7-10H2,(H,23,24). The van der Waals surface area contributed by atoms with Gasteiger partial charge in [0, 0.05) is 44.5 Å². The minimum atomic E-state index is -3.84. The first-order chi connectivity index (χ1) is 13.7. The number of benzene rings is 1. The fourth-order valence-electron chi connectivity index (χ4n) is 2.85. The summed E-state index contributed by atoms with van der Waals surface area (Å²) < 4.78 is 26.6. The Labute approximate surface area is 165 Å². The van der Waals surface area contributed by atoms with E-state index in [1.54, 1.807) is 0 Å². The van der Waals surface area contributed by atoms with Gasteiger partial charge in [-0.1, -0.05) is 0 Å². The van der Waals surface area contributed by atoms with Gasteiger partial charge in [-0.3, -0.25) is 14.9 Å². The summed E-state index contributed by atoms with van der Waals surface area (Å²) in [6, 6.07) is 7.20. The maximum atomic E-state index is 12.7. The first-order valence-corrected chi connectivity index (χ1v) is 9.87. The average Bonchev–Trinajstić information content (AvgIpc) is 2.73. The fraction of sp³-hybridized carbons (Fsp3) is 0.235. The second-order valence-corrected chi connectivity index (χ2v) is 8.12. The quantitative estimate of drug-likeness (QED) is 0.552. The Morgan fingerprint density at radius 3 is 2.14 bits per heavy atom. The van der Waals surface area contributed by atoms with E-state index in [4.69, 9.17) is 5.11 Å². The second kappa shape index (κ2) is 7.93. The molecule has 3 rings (SSSR count). The van der Waals surface area contributed by atoms with Gasteiger partial charge in [0.2, 0.25) is 10.0 Å².